The maximum absolute atomic E-state index is 12.3. The second-order valence-electron chi connectivity index (χ2n) is 12.9. The number of aliphatic hydroxyl groups is 1. The van der Waals surface area contributed by atoms with E-state index in [0.717, 1.165) is 45.1 Å². The third kappa shape index (κ3) is 32.8. The number of ether oxygens (including phenoxy) is 4. The zero-order valence-electron chi connectivity index (χ0n) is 31.3. The predicted octanol–water partition coefficient (Wildman–Crippen LogP) is 2.43. The fourth-order valence-electron chi connectivity index (χ4n) is 4.95. The van der Waals surface area contributed by atoms with Crippen LogP contribution in [0.1, 0.15) is 110 Å². The van der Waals surface area contributed by atoms with Gasteiger partial charge in [-0.15, -0.1) is 0 Å². The van der Waals surface area contributed by atoms with Crippen LogP contribution in [0, 0.1) is 5.92 Å². The molecule has 0 saturated carbocycles. The standard InChI is InChI=1S/C36H71N5O9/c1-31(12-10-18-37)30-39-20-14-33(43)47-26-6-8-28-49-35(45)16-23-41(22-4-3-5-25-42)24-17-36(46)50-29-9-7-27-48-34(44)15-21-40-32(2)13-11-19-38/h31-32,39-40,42H,3-30,37-38H2,1-2H3. The summed E-state index contributed by atoms with van der Waals surface area (Å²) in [6, 6.07) is 0.313. The first-order chi connectivity index (χ1) is 24.2. The van der Waals surface area contributed by atoms with Crippen molar-refractivity contribution in [1.29, 1.82) is 0 Å². The Bertz CT molecular complexity index is 853. The molecule has 294 valence electrons. The number of rotatable bonds is 36. The lowest BCUT2D eigenvalue weighted by Gasteiger charge is -2.21. The predicted molar refractivity (Wildman–Crippen MR) is 194 cm³/mol. The fourth-order valence-corrected chi connectivity index (χ4v) is 4.95. The Morgan fingerprint density at radius 1 is 0.600 bits per heavy atom. The van der Waals surface area contributed by atoms with E-state index >= 15 is 0 Å². The Labute approximate surface area is 301 Å². The SMILES string of the molecule is CC(CCCN)CNCCC(=O)OCCCCOC(=O)CCN(CCCCCO)CCC(=O)OCCCCOC(=O)CCNC(C)CCCN. The number of carbonyl (C=O) groups excluding carboxylic acids is 4. The molecule has 0 heterocycles. The van der Waals surface area contributed by atoms with Gasteiger partial charge in [0, 0.05) is 38.8 Å². The normalized spacial score (nSPS) is 12.4. The van der Waals surface area contributed by atoms with Crippen molar-refractivity contribution < 1.29 is 43.2 Å². The van der Waals surface area contributed by atoms with E-state index in [-0.39, 0.29) is 56.5 Å². The maximum atomic E-state index is 12.3. The molecule has 14 heteroatoms. The molecule has 0 aromatic rings. The highest BCUT2D eigenvalue weighted by molar-refractivity contribution is 5.70. The van der Waals surface area contributed by atoms with Gasteiger partial charge >= 0.3 is 23.9 Å². The van der Waals surface area contributed by atoms with Crippen molar-refractivity contribution in [3.63, 3.8) is 0 Å². The smallest absolute Gasteiger partial charge is 0.307 e. The van der Waals surface area contributed by atoms with Gasteiger partial charge in [-0.2, -0.15) is 0 Å². The van der Waals surface area contributed by atoms with Gasteiger partial charge in [-0.1, -0.05) is 6.92 Å². The molecule has 7 N–H and O–H groups in total. The number of nitrogens with zero attached hydrogens (tertiary/aromatic N) is 1. The number of carbonyl (C=O) groups is 4. The molecular formula is C36H71N5O9. The fraction of sp³-hybridized carbons (Fsp3) is 0.889. The second-order valence-corrected chi connectivity index (χ2v) is 12.9. The van der Waals surface area contributed by atoms with Gasteiger partial charge in [0.25, 0.3) is 0 Å². The molecule has 0 fully saturated rings. The van der Waals surface area contributed by atoms with Gasteiger partial charge in [0.05, 0.1) is 52.1 Å². The molecule has 0 aliphatic carbocycles. The minimum absolute atomic E-state index is 0.135. The molecule has 0 radical (unpaired) electrons. The van der Waals surface area contributed by atoms with E-state index in [1.54, 1.807) is 0 Å². The summed E-state index contributed by atoms with van der Waals surface area (Å²) < 4.78 is 21.2. The van der Waals surface area contributed by atoms with Crippen LogP contribution in [0.3, 0.4) is 0 Å². The number of esters is 4. The monoisotopic (exact) mass is 718 g/mol. The number of aliphatic hydroxyl groups excluding tert-OH is 1. The molecule has 0 aliphatic heterocycles. The number of hydrogen-bond acceptors (Lipinski definition) is 14. The Balaban J connectivity index is 4.06. The quantitative estimate of drug-likeness (QED) is 0.0359. The highest BCUT2D eigenvalue weighted by atomic mass is 16.5. The molecule has 2 unspecified atom stereocenters. The third-order valence-corrected chi connectivity index (χ3v) is 8.09. The van der Waals surface area contributed by atoms with E-state index in [1.165, 1.54) is 0 Å². The Kier molecular flexibility index (Phi) is 33.4. The summed E-state index contributed by atoms with van der Waals surface area (Å²) in [4.78, 5) is 50.5. The largest absolute Gasteiger partial charge is 0.466 e. The van der Waals surface area contributed by atoms with Crippen LogP contribution in [-0.4, -0.2) is 125 Å². The van der Waals surface area contributed by atoms with E-state index < -0.39 is 0 Å². The van der Waals surface area contributed by atoms with Crippen LogP contribution in [0.5, 0.6) is 0 Å². The van der Waals surface area contributed by atoms with Crippen molar-refractivity contribution in [2.45, 2.75) is 116 Å². The summed E-state index contributed by atoms with van der Waals surface area (Å²) in [5, 5.41) is 15.6. The lowest BCUT2D eigenvalue weighted by Crippen LogP contribution is -2.30. The second kappa shape index (κ2) is 35.1. The van der Waals surface area contributed by atoms with Gasteiger partial charge in [0.2, 0.25) is 0 Å². The van der Waals surface area contributed by atoms with Crippen LogP contribution >= 0.6 is 0 Å². The van der Waals surface area contributed by atoms with Gasteiger partial charge in [-0.3, -0.25) is 19.2 Å². The summed E-state index contributed by atoms with van der Waals surface area (Å²) in [5.74, 6) is -0.598. The van der Waals surface area contributed by atoms with Crippen molar-refractivity contribution in [2.75, 3.05) is 85.4 Å². The van der Waals surface area contributed by atoms with Crippen molar-refractivity contribution in [3.8, 4) is 0 Å². The number of nitrogens with two attached hydrogens (primary N) is 2. The first kappa shape index (κ1) is 47.6. The zero-order valence-corrected chi connectivity index (χ0v) is 31.3. The molecule has 14 nitrogen and oxygen atoms in total. The Hall–Kier alpha value is -2.36. The molecule has 0 saturated heterocycles. The lowest BCUT2D eigenvalue weighted by molar-refractivity contribution is -0.147. The molecule has 0 amide bonds. The van der Waals surface area contributed by atoms with E-state index in [0.29, 0.717) is 116 Å². The summed E-state index contributed by atoms with van der Waals surface area (Å²) in [7, 11) is 0. The van der Waals surface area contributed by atoms with Crippen molar-refractivity contribution in [1.82, 2.24) is 15.5 Å². The van der Waals surface area contributed by atoms with Crippen LogP contribution in [-0.2, 0) is 38.1 Å². The van der Waals surface area contributed by atoms with Crippen LogP contribution in [0.15, 0.2) is 0 Å². The van der Waals surface area contributed by atoms with Crippen LogP contribution in [0.2, 0.25) is 0 Å². The van der Waals surface area contributed by atoms with Gasteiger partial charge in [0.1, 0.15) is 0 Å². The average Bonchev–Trinajstić information content (AvgIpc) is 3.10. The van der Waals surface area contributed by atoms with E-state index in [4.69, 9.17) is 35.5 Å². The molecule has 0 aliphatic rings. The zero-order chi connectivity index (χ0) is 37.1. The van der Waals surface area contributed by atoms with Crippen LogP contribution < -0.4 is 22.1 Å². The van der Waals surface area contributed by atoms with Crippen LogP contribution in [0.4, 0.5) is 0 Å². The summed E-state index contributed by atoms with van der Waals surface area (Å²) in [6.07, 6.45) is 9.84. The van der Waals surface area contributed by atoms with Gasteiger partial charge in [-0.05, 0) is 110 Å². The third-order valence-electron chi connectivity index (χ3n) is 8.09. The Morgan fingerprint density at radius 3 is 1.58 bits per heavy atom. The van der Waals surface area contributed by atoms with Gasteiger partial charge in [0.15, 0.2) is 0 Å². The van der Waals surface area contributed by atoms with E-state index in [9.17, 15) is 19.2 Å². The highest BCUT2D eigenvalue weighted by Gasteiger charge is 2.13. The minimum atomic E-state index is -0.315. The first-order valence-electron chi connectivity index (χ1n) is 19.0. The number of hydrogen-bond donors (Lipinski definition) is 5. The van der Waals surface area contributed by atoms with Crippen LogP contribution in [0.25, 0.3) is 0 Å². The summed E-state index contributed by atoms with van der Waals surface area (Å²) in [5.41, 5.74) is 11.0. The van der Waals surface area contributed by atoms with Crippen molar-refractivity contribution in [2.24, 2.45) is 17.4 Å². The topological polar surface area (TPSA) is 205 Å². The van der Waals surface area contributed by atoms with Crippen molar-refractivity contribution in [3.05, 3.63) is 0 Å². The van der Waals surface area contributed by atoms with Crippen molar-refractivity contribution >= 4 is 23.9 Å². The average molecular weight is 718 g/mol. The van der Waals surface area contributed by atoms with Gasteiger partial charge in [-0.25, -0.2) is 0 Å². The number of unbranched alkanes of at least 4 members (excludes halogenated alkanes) is 4. The molecule has 2 atom stereocenters. The molecule has 0 rings (SSSR count). The highest BCUT2D eigenvalue weighted by Crippen LogP contribution is 2.05. The van der Waals surface area contributed by atoms with Gasteiger partial charge < -0.3 is 51.1 Å². The van der Waals surface area contributed by atoms with E-state index in [2.05, 4.69) is 24.5 Å². The first-order valence-corrected chi connectivity index (χ1v) is 19.0. The Morgan fingerprint density at radius 2 is 1.08 bits per heavy atom. The molecule has 0 aromatic heterocycles. The van der Waals surface area contributed by atoms with E-state index in [1.807, 2.05) is 4.90 Å². The molecule has 0 bridgehead atoms. The summed E-state index contributed by atoms with van der Waals surface area (Å²) in [6.45, 7) is 10.4. The molecule has 0 spiro atoms. The summed E-state index contributed by atoms with van der Waals surface area (Å²) >= 11 is 0. The maximum Gasteiger partial charge on any atom is 0.307 e. The number of nitrogens with one attached hydrogen (secondary N) is 2. The molecular weight excluding hydrogens is 646 g/mol. The molecule has 0 aromatic carbocycles. The lowest BCUT2D eigenvalue weighted by atomic mass is 10.1. The molecule has 50 heavy (non-hydrogen) atoms. The minimum Gasteiger partial charge on any atom is -0.466 e.